The molecule has 0 aromatic carbocycles. The van der Waals surface area contributed by atoms with Gasteiger partial charge < -0.3 is 10.4 Å². The van der Waals surface area contributed by atoms with Crippen molar-refractivity contribution in [1.29, 1.82) is 0 Å². The Morgan fingerprint density at radius 3 is 2.55 bits per heavy atom. The Kier molecular flexibility index (Phi) is 5.39. The largest absolute Gasteiger partial charge is 0.395 e. The van der Waals surface area contributed by atoms with Gasteiger partial charge in [-0.1, -0.05) is 0 Å². The van der Waals surface area contributed by atoms with Gasteiger partial charge >= 0.3 is 0 Å². The maximum atomic E-state index is 10.4. The van der Waals surface area contributed by atoms with Crippen LogP contribution in [-0.4, -0.2) is 46.1 Å². The molecule has 0 aliphatic carbocycles. The van der Waals surface area contributed by atoms with Crippen LogP contribution in [0, 0.1) is 0 Å². The van der Waals surface area contributed by atoms with Crippen LogP contribution < -0.4 is 5.32 Å². The van der Waals surface area contributed by atoms with Crippen LogP contribution in [0.5, 0.6) is 0 Å². The topological polar surface area (TPSA) is 75.6 Å². The zero-order valence-corrected chi connectivity index (χ0v) is 7.23. The van der Waals surface area contributed by atoms with E-state index in [4.69, 9.17) is 5.11 Å². The second-order valence-electron chi connectivity index (χ2n) is 2.00. The highest BCUT2D eigenvalue weighted by atomic mass is 32.2. The van der Waals surface area contributed by atoms with Crippen LogP contribution >= 0.6 is 0 Å². The molecule has 0 heterocycles. The van der Waals surface area contributed by atoms with Crippen LogP contribution in [0.4, 0.5) is 0 Å². The standard InChI is InChI=1S/C5H13NO4S/c1-11(8,9)10-5-3-6-2-4-7/h6-7H,2-5H2,1H3. The number of hydrogen-bond acceptors (Lipinski definition) is 5. The Labute approximate surface area is 66.5 Å². The number of aliphatic hydroxyl groups excluding tert-OH is 1. The van der Waals surface area contributed by atoms with Gasteiger partial charge in [-0.15, -0.1) is 0 Å². The lowest BCUT2D eigenvalue weighted by molar-refractivity contribution is 0.278. The van der Waals surface area contributed by atoms with Crippen LogP contribution in [0.25, 0.3) is 0 Å². The molecule has 0 amide bonds. The van der Waals surface area contributed by atoms with E-state index in [0.717, 1.165) is 6.26 Å². The van der Waals surface area contributed by atoms with Gasteiger partial charge in [-0.2, -0.15) is 8.42 Å². The number of nitrogens with one attached hydrogen (secondary N) is 1. The van der Waals surface area contributed by atoms with Gasteiger partial charge in [0.05, 0.1) is 19.5 Å². The Morgan fingerprint density at radius 1 is 1.45 bits per heavy atom. The fourth-order valence-electron chi connectivity index (χ4n) is 0.469. The highest BCUT2D eigenvalue weighted by Crippen LogP contribution is 1.83. The Bertz CT molecular complexity index is 177. The molecule has 0 aliphatic rings. The molecule has 2 N–H and O–H groups in total. The van der Waals surface area contributed by atoms with Crippen molar-refractivity contribution in [3.8, 4) is 0 Å². The molecule has 0 bridgehead atoms. The van der Waals surface area contributed by atoms with E-state index in [0.29, 0.717) is 13.1 Å². The summed E-state index contributed by atoms with van der Waals surface area (Å²) in [5.41, 5.74) is 0. The molecule has 0 saturated carbocycles. The summed E-state index contributed by atoms with van der Waals surface area (Å²) < 4.78 is 25.1. The molecule has 0 rings (SSSR count). The first kappa shape index (κ1) is 10.8. The molecule has 0 atom stereocenters. The third-order valence-corrected chi connectivity index (χ3v) is 1.46. The van der Waals surface area contributed by atoms with Crippen molar-refractivity contribution in [2.75, 3.05) is 32.6 Å². The van der Waals surface area contributed by atoms with Crippen LogP contribution in [0.3, 0.4) is 0 Å². The van der Waals surface area contributed by atoms with Crippen molar-refractivity contribution >= 4 is 10.1 Å². The molecule has 5 nitrogen and oxygen atoms in total. The van der Waals surface area contributed by atoms with Gasteiger partial charge in [0.15, 0.2) is 0 Å². The Hall–Kier alpha value is -0.170. The van der Waals surface area contributed by atoms with Gasteiger partial charge in [-0.25, -0.2) is 0 Å². The first-order chi connectivity index (χ1) is 5.06. The van der Waals surface area contributed by atoms with E-state index in [9.17, 15) is 8.42 Å². The fraction of sp³-hybridized carbons (Fsp3) is 1.00. The first-order valence-corrected chi connectivity index (χ1v) is 5.04. The SMILES string of the molecule is CS(=O)(=O)OCCNCCO. The summed E-state index contributed by atoms with van der Waals surface area (Å²) in [5.74, 6) is 0. The van der Waals surface area contributed by atoms with E-state index in [1.165, 1.54) is 0 Å². The summed E-state index contributed by atoms with van der Waals surface area (Å²) >= 11 is 0. The summed E-state index contributed by atoms with van der Waals surface area (Å²) in [7, 11) is -3.31. The van der Waals surface area contributed by atoms with Gasteiger partial charge in [-0.05, 0) is 0 Å². The van der Waals surface area contributed by atoms with Crippen molar-refractivity contribution in [2.24, 2.45) is 0 Å². The summed E-state index contributed by atoms with van der Waals surface area (Å²) in [6, 6.07) is 0. The maximum Gasteiger partial charge on any atom is 0.264 e. The number of hydrogen-bond donors (Lipinski definition) is 2. The zero-order valence-electron chi connectivity index (χ0n) is 6.41. The van der Waals surface area contributed by atoms with Gasteiger partial charge in [-0.3, -0.25) is 4.18 Å². The van der Waals surface area contributed by atoms with Gasteiger partial charge in [0.1, 0.15) is 0 Å². The van der Waals surface area contributed by atoms with E-state index in [-0.39, 0.29) is 13.2 Å². The van der Waals surface area contributed by atoms with Crippen molar-refractivity contribution in [3.63, 3.8) is 0 Å². The van der Waals surface area contributed by atoms with Crippen molar-refractivity contribution in [1.82, 2.24) is 5.32 Å². The normalized spacial score (nSPS) is 11.8. The maximum absolute atomic E-state index is 10.4. The molecule has 0 spiro atoms. The molecule has 0 unspecified atom stereocenters. The molecule has 11 heavy (non-hydrogen) atoms. The van der Waals surface area contributed by atoms with Crippen LogP contribution in [0.1, 0.15) is 0 Å². The van der Waals surface area contributed by atoms with E-state index in [1.807, 2.05) is 0 Å². The first-order valence-electron chi connectivity index (χ1n) is 3.22. The molecule has 0 fully saturated rings. The lowest BCUT2D eigenvalue weighted by Crippen LogP contribution is -2.23. The van der Waals surface area contributed by atoms with E-state index >= 15 is 0 Å². The second-order valence-corrected chi connectivity index (χ2v) is 3.64. The van der Waals surface area contributed by atoms with E-state index in [2.05, 4.69) is 9.50 Å². The fourth-order valence-corrected chi connectivity index (χ4v) is 0.855. The molecule has 0 aliphatic heterocycles. The lowest BCUT2D eigenvalue weighted by atomic mass is 10.6. The summed E-state index contributed by atoms with van der Waals surface area (Å²) in [4.78, 5) is 0. The van der Waals surface area contributed by atoms with Gasteiger partial charge in [0.25, 0.3) is 10.1 Å². The van der Waals surface area contributed by atoms with Gasteiger partial charge in [0.2, 0.25) is 0 Å². The van der Waals surface area contributed by atoms with E-state index in [1.54, 1.807) is 0 Å². The summed E-state index contributed by atoms with van der Waals surface area (Å²) in [6.45, 7) is 1.03. The van der Waals surface area contributed by atoms with Gasteiger partial charge in [0, 0.05) is 13.1 Å². The van der Waals surface area contributed by atoms with Crippen LogP contribution in [0.2, 0.25) is 0 Å². The lowest BCUT2D eigenvalue weighted by Gasteiger charge is -2.01. The second kappa shape index (κ2) is 5.48. The summed E-state index contributed by atoms with van der Waals surface area (Å²) in [6.07, 6.45) is 0.999. The Morgan fingerprint density at radius 2 is 2.09 bits per heavy atom. The van der Waals surface area contributed by atoms with Crippen molar-refractivity contribution < 1.29 is 17.7 Å². The van der Waals surface area contributed by atoms with E-state index < -0.39 is 10.1 Å². The van der Waals surface area contributed by atoms with Crippen molar-refractivity contribution in [2.45, 2.75) is 0 Å². The average Bonchev–Trinajstić information content (AvgIpc) is 1.85. The number of rotatable bonds is 6. The molecule has 0 aromatic heterocycles. The molecule has 0 radical (unpaired) electrons. The zero-order chi connectivity index (χ0) is 8.74. The predicted octanol–water partition coefficient (Wildman–Crippen LogP) is -1.46. The minimum absolute atomic E-state index is 0.0406. The molecular weight excluding hydrogens is 170 g/mol. The average molecular weight is 183 g/mol. The monoisotopic (exact) mass is 183 g/mol. The predicted molar refractivity (Wildman–Crippen MR) is 40.8 cm³/mol. The van der Waals surface area contributed by atoms with Crippen molar-refractivity contribution in [3.05, 3.63) is 0 Å². The molecule has 6 heteroatoms. The molecular formula is C5H13NO4S. The smallest absolute Gasteiger partial charge is 0.264 e. The third-order valence-electron chi connectivity index (χ3n) is 0.865. The third kappa shape index (κ3) is 9.83. The van der Waals surface area contributed by atoms with Crippen LogP contribution in [-0.2, 0) is 14.3 Å². The summed E-state index contributed by atoms with van der Waals surface area (Å²) in [5, 5.41) is 11.1. The van der Waals surface area contributed by atoms with Crippen LogP contribution in [0.15, 0.2) is 0 Å². The highest BCUT2D eigenvalue weighted by molar-refractivity contribution is 7.85. The quantitative estimate of drug-likeness (QED) is 0.389. The molecule has 0 aromatic rings. The molecule has 68 valence electrons. The highest BCUT2D eigenvalue weighted by Gasteiger charge is 1.98. The minimum Gasteiger partial charge on any atom is -0.395 e. The Balaban J connectivity index is 3.16. The molecule has 0 saturated heterocycles. The minimum atomic E-state index is -3.31. The number of aliphatic hydroxyl groups is 1.